The summed E-state index contributed by atoms with van der Waals surface area (Å²) in [5.74, 6) is -0.573. The smallest absolute Gasteiger partial charge is 0.408 e. The van der Waals surface area contributed by atoms with E-state index in [0.29, 0.717) is 25.9 Å². The molecule has 0 aromatic heterocycles. The van der Waals surface area contributed by atoms with Crippen molar-refractivity contribution in [3.05, 3.63) is 35.1 Å². The number of nitrogens with one attached hydrogen (secondary N) is 1. The molecule has 37 heavy (non-hydrogen) atoms. The highest BCUT2D eigenvalue weighted by Crippen LogP contribution is 2.44. The zero-order chi connectivity index (χ0) is 26.5. The number of nitriles is 1. The number of amides is 3. The highest BCUT2D eigenvalue weighted by Gasteiger charge is 2.53. The van der Waals surface area contributed by atoms with E-state index in [9.17, 15) is 24.0 Å². The number of hydrogen-bond acceptors (Lipinski definition) is 6. The summed E-state index contributed by atoms with van der Waals surface area (Å²) in [5, 5.41) is 12.2. The van der Waals surface area contributed by atoms with Gasteiger partial charge in [-0.3, -0.25) is 14.5 Å². The number of carbonyl (C=O) groups excluding carboxylic acids is 3. The van der Waals surface area contributed by atoms with Crippen molar-refractivity contribution >= 4 is 17.9 Å². The van der Waals surface area contributed by atoms with Gasteiger partial charge in [0.25, 0.3) is 0 Å². The molecule has 198 valence electrons. The summed E-state index contributed by atoms with van der Waals surface area (Å²) >= 11 is 0. The van der Waals surface area contributed by atoms with Gasteiger partial charge in [-0.15, -0.1) is 0 Å². The van der Waals surface area contributed by atoms with Crippen molar-refractivity contribution in [1.29, 1.82) is 5.26 Å². The lowest BCUT2D eigenvalue weighted by Gasteiger charge is -2.39. The number of carbonyl (C=O) groups is 3. The van der Waals surface area contributed by atoms with Crippen LogP contribution >= 0.6 is 0 Å². The molecule has 3 heterocycles. The van der Waals surface area contributed by atoms with Crippen molar-refractivity contribution in [3.8, 4) is 6.07 Å². The van der Waals surface area contributed by atoms with Crippen molar-refractivity contribution in [1.82, 2.24) is 20.0 Å². The van der Waals surface area contributed by atoms with E-state index in [1.807, 2.05) is 9.80 Å². The van der Waals surface area contributed by atoms with Crippen LogP contribution in [0.5, 0.6) is 0 Å². The number of hydrogen-bond donors (Lipinski definition) is 1. The molecule has 3 saturated heterocycles. The quantitative estimate of drug-likeness (QED) is 0.651. The summed E-state index contributed by atoms with van der Waals surface area (Å²) in [6.07, 6.45) is 2.82. The van der Waals surface area contributed by atoms with E-state index in [4.69, 9.17) is 4.74 Å². The van der Waals surface area contributed by atoms with Gasteiger partial charge in [0.05, 0.1) is 18.2 Å². The third-order valence-electron chi connectivity index (χ3n) is 7.89. The van der Waals surface area contributed by atoms with E-state index in [0.717, 1.165) is 30.4 Å². The van der Waals surface area contributed by atoms with Crippen LogP contribution in [0.3, 0.4) is 0 Å². The third kappa shape index (κ3) is 4.89. The Kier molecular flexibility index (Phi) is 6.61. The summed E-state index contributed by atoms with van der Waals surface area (Å²) in [6.45, 7) is 6.46. The Hall–Kier alpha value is -3.19. The Morgan fingerprint density at radius 1 is 1.27 bits per heavy atom. The number of benzene rings is 1. The molecular formula is C27H34FN5O4. The summed E-state index contributed by atoms with van der Waals surface area (Å²) in [7, 11) is 0. The first kappa shape index (κ1) is 25.5. The van der Waals surface area contributed by atoms with Gasteiger partial charge < -0.3 is 19.9 Å². The van der Waals surface area contributed by atoms with Crippen LogP contribution in [-0.4, -0.2) is 82.0 Å². The van der Waals surface area contributed by atoms with Crippen molar-refractivity contribution in [2.45, 2.75) is 88.7 Å². The third-order valence-corrected chi connectivity index (χ3v) is 7.89. The first-order valence-electron chi connectivity index (χ1n) is 13.1. The number of likely N-dealkylation sites (tertiary alicyclic amines) is 3. The zero-order valence-electron chi connectivity index (χ0n) is 21.6. The Bertz CT molecular complexity index is 1140. The van der Waals surface area contributed by atoms with Crippen LogP contribution in [-0.2, 0) is 20.7 Å². The number of nitrogens with zero attached hydrogens (tertiary/aromatic N) is 4. The lowest BCUT2D eigenvalue weighted by atomic mass is 10.1. The van der Waals surface area contributed by atoms with Crippen LogP contribution in [0.25, 0.3) is 0 Å². The molecule has 0 radical (unpaired) electrons. The summed E-state index contributed by atoms with van der Waals surface area (Å²) < 4.78 is 19.1. The minimum absolute atomic E-state index is 0.00516. The van der Waals surface area contributed by atoms with Gasteiger partial charge in [0, 0.05) is 25.7 Å². The molecule has 3 unspecified atom stereocenters. The molecule has 1 N–H and O–H groups in total. The summed E-state index contributed by atoms with van der Waals surface area (Å²) in [4.78, 5) is 45.1. The highest BCUT2D eigenvalue weighted by atomic mass is 19.1. The van der Waals surface area contributed by atoms with Gasteiger partial charge in [0.1, 0.15) is 23.5 Å². The maximum atomic E-state index is 13.7. The van der Waals surface area contributed by atoms with E-state index in [1.165, 1.54) is 11.0 Å². The summed E-state index contributed by atoms with van der Waals surface area (Å²) in [5.41, 5.74) is 1.25. The predicted molar refractivity (Wildman–Crippen MR) is 132 cm³/mol. The average molecular weight is 512 g/mol. The second-order valence-corrected chi connectivity index (χ2v) is 11.5. The van der Waals surface area contributed by atoms with Crippen LogP contribution in [0, 0.1) is 17.1 Å². The van der Waals surface area contributed by atoms with Crippen molar-refractivity contribution in [2.24, 2.45) is 0 Å². The second kappa shape index (κ2) is 9.60. The molecule has 10 heteroatoms. The largest absolute Gasteiger partial charge is 0.444 e. The number of aryl methyl sites for hydroxylation is 1. The van der Waals surface area contributed by atoms with Gasteiger partial charge in [-0.2, -0.15) is 5.26 Å². The van der Waals surface area contributed by atoms with Gasteiger partial charge in [-0.1, -0.05) is 6.07 Å². The number of fused-ring (bicyclic) bond motifs is 3. The van der Waals surface area contributed by atoms with E-state index in [-0.39, 0.29) is 42.3 Å². The Morgan fingerprint density at radius 3 is 2.76 bits per heavy atom. The average Bonchev–Trinajstić information content (AvgIpc) is 3.59. The molecule has 3 amide bonds. The van der Waals surface area contributed by atoms with Crippen LogP contribution in [0.4, 0.5) is 9.18 Å². The molecular weight excluding hydrogens is 477 g/mol. The fraction of sp³-hybridized carbons (Fsp3) is 0.630. The van der Waals surface area contributed by atoms with E-state index in [2.05, 4.69) is 11.4 Å². The number of piperazine rings is 1. The lowest BCUT2D eigenvalue weighted by Crippen LogP contribution is -2.59. The molecule has 1 aliphatic carbocycles. The fourth-order valence-electron chi connectivity index (χ4n) is 6.39. The molecule has 1 aromatic rings. The highest BCUT2D eigenvalue weighted by molar-refractivity contribution is 5.88. The Balaban J connectivity index is 1.30. The first-order chi connectivity index (χ1) is 17.6. The van der Waals surface area contributed by atoms with Gasteiger partial charge in [-0.05, 0) is 76.1 Å². The number of halogens is 1. The van der Waals surface area contributed by atoms with Crippen LogP contribution in [0.15, 0.2) is 18.2 Å². The van der Waals surface area contributed by atoms with Crippen LogP contribution in [0.1, 0.15) is 63.6 Å². The van der Waals surface area contributed by atoms with E-state index < -0.39 is 23.8 Å². The molecule has 5 atom stereocenters. The van der Waals surface area contributed by atoms with E-state index in [1.54, 1.807) is 32.9 Å². The number of ether oxygens (including phenoxy) is 1. The van der Waals surface area contributed by atoms with Gasteiger partial charge >= 0.3 is 6.09 Å². The number of rotatable bonds is 5. The molecule has 0 saturated carbocycles. The molecule has 9 nitrogen and oxygen atoms in total. The first-order valence-corrected chi connectivity index (χ1v) is 13.1. The summed E-state index contributed by atoms with van der Waals surface area (Å²) in [6, 6.07) is 5.10. The van der Waals surface area contributed by atoms with Crippen LogP contribution < -0.4 is 5.32 Å². The van der Waals surface area contributed by atoms with Crippen LogP contribution in [0.2, 0.25) is 0 Å². The maximum Gasteiger partial charge on any atom is 0.408 e. The molecule has 5 rings (SSSR count). The number of alkyl carbamates (subject to hydrolysis) is 1. The van der Waals surface area contributed by atoms with E-state index >= 15 is 0 Å². The van der Waals surface area contributed by atoms with Gasteiger partial charge in [-0.25, -0.2) is 9.18 Å². The lowest BCUT2D eigenvalue weighted by molar-refractivity contribution is -0.141. The zero-order valence-corrected chi connectivity index (χ0v) is 21.6. The second-order valence-electron chi connectivity index (χ2n) is 11.5. The molecule has 4 aliphatic rings. The minimum Gasteiger partial charge on any atom is -0.444 e. The minimum atomic E-state index is -0.931. The Labute approximate surface area is 216 Å². The molecule has 0 spiro atoms. The molecule has 3 aliphatic heterocycles. The van der Waals surface area contributed by atoms with Gasteiger partial charge in [0.2, 0.25) is 11.8 Å². The molecule has 1 aromatic carbocycles. The van der Waals surface area contributed by atoms with Crippen molar-refractivity contribution < 1.29 is 23.5 Å². The molecule has 2 bridgehead atoms. The predicted octanol–water partition coefficient (Wildman–Crippen LogP) is 2.51. The topological polar surface area (TPSA) is 106 Å². The Morgan fingerprint density at radius 2 is 2.05 bits per heavy atom. The standard InChI is InChI=1S/C27H34FN5O4/c1-27(2,3)37-26(36)30-21(24(34)32-10-4-5-18(32)13-29)15-31-14-19-12-23(31)25(35)33(19)22-9-6-16-11-17(28)7-8-20(16)22/h7-8,11,18-19,21-23H,4-6,9-10,12,14-15H2,1-3H3,(H,30,36)/t18?,19-,21?,22-,23?/m0/s1. The van der Waals surface area contributed by atoms with Crippen molar-refractivity contribution in [2.75, 3.05) is 19.6 Å². The SMILES string of the molecule is CC(C)(C)OC(=O)NC(CN1C[C@@H]2CC1C(=O)N2[C@H]1CCc2cc(F)ccc21)C(=O)N1CCCC1C#N. The van der Waals surface area contributed by atoms with Gasteiger partial charge in [0.15, 0.2) is 0 Å². The maximum absolute atomic E-state index is 13.7. The molecule has 3 fully saturated rings. The normalized spacial score (nSPS) is 27.8. The van der Waals surface area contributed by atoms with Crippen molar-refractivity contribution in [3.63, 3.8) is 0 Å². The monoisotopic (exact) mass is 511 g/mol. The fourth-order valence-corrected chi connectivity index (χ4v) is 6.39.